The molecule has 2 aliphatic rings. The van der Waals surface area contributed by atoms with E-state index in [4.69, 9.17) is 5.11 Å². The standard InChI is InChI=1S/C12H17IN2O4S/c13-5-9(16)15-11-7(14-12(15)19)6-20-8(11)3-1-2-4-10(17)18/h7-8,11H,1-6H2,(H,14,19)(H,17,18)/t7-,8-,11-/m1/s1. The number of nitrogens with zero attached hydrogens (tertiary/aromatic N) is 1. The Balaban J connectivity index is 1.92. The van der Waals surface area contributed by atoms with Crippen molar-refractivity contribution in [3.05, 3.63) is 0 Å². The maximum atomic E-state index is 11.9. The molecule has 0 saturated carbocycles. The van der Waals surface area contributed by atoms with Crippen molar-refractivity contribution in [3.8, 4) is 0 Å². The number of halogens is 1. The average Bonchev–Trinajstić information content (AvgIpc) is 2.92. The fraction of sp³-hybridized carbons (Fsp3) is 0.750. The van der Waals surface area contributed by atoms with E-state index >= 15 is 0 Å². The Morgan fingerprint density at radius 3 is 2.85 bits per heavy atom. The third-order valence-electron chi connectivity index (χ3n) is 3.62. The molecule has 2 saturated heterocycles. The van der Waals surface area contributed by atoms with Gasteiger partial charge in [-0.05, 0) is 12.8 Å². The van der Waals surface area contributed by atoms with Crippen molar-refractivity contribution in [2.45, 2.75) is 43.0 Å². The summed E-state index contributed by atoms with van der Waals surface area (Å²) in [5.41, 5.74) is 0. The van der Waals surface area contributed by atoms with Gasteiger partial charge >= 0.3 is 12.0 Å². The van der Waals surface area contributed by atoms with Crippen molar-refractivity contribution >= 4 is 52.3 Å². The molecule has 3 amide bonds. The molecule has 0 aliphatic carbocycles. The van der Waals surface area contributed by atoms with Gasteiger partial charge < -0.3 is 10.4 Å². The summed E-state index contributed by atoms with van der Waals surface area (Å²) >= 11 is 3.74. The zero-order valence-corrected chi connectivity index (χ0v) is 13.9. The van der Waals surface area contributed by atoms with E-state index < -0.39 is 5.97 Å². The van der Waals surface area contributed by atoms with Gasteiger partial charge in [0.05, 0.1) is 16.5 Å². The number of hydrogen-bond donors (Lipinski definition) is 2. The van der Waals surface area contributed by atoms with Crippen LogP contribution >= 0.6 is 34.4 Å². The zero-order valence-electron chi connectivity index (χ0n) is 10.9. The molecule has 0 aromatic rings. The lowest BCUT2D eigenvalue weighted by molar-refractivity contribution is -0.137. The van der Waals surface area contributed by atoms with Gasteiger partial charge in [0.1, 0.15) is 0 Å². The van der Waals surface area contributed by atoms with Gasteiger partial charge in [-0.3, -0.25) is 14.5 Å². The topological polar surface area (TPSA) is 86.7 Å². The predicted octanol–water partition coefficient (Wildman–Crippen LogP) is 1.47. The van der Waals surface area contributed by atoms with Gasteiger partial charge in [0, 0.05) is 17.4 Å². The Morgan fingerprint density at radius 2 is 2.20 bits per heavy atom. The summed E-state index contributed by atoms with van der Waals surface area (Å²) in [5.74, 6) is -0.0968. The monoisotopic (exact) mass is 412 g/mol. The third-order valence-corrected chi connectivity index (χ3v) is 5.77. The minimum Gasteiger partial charge on any atom is -0.481 e. The number of thioether (sulfide) groups is 1. The molecule has 6 nitrogen and oxygen atoms in total. The second-order valence-corrected chi connectivity index (χ2v) is 6.99. The van der Waals surface area contributed by atoms with Gasteiger partial charge in [0.2, 0.25) is 5.91 Å². The second kappa shape index (κ2) is 6.97. The highest BCUT2D eigenvalue weighted by atomic mass is 127. The van der Waals surface area contributed by atoms with Gasteiger partial charge in [0.15, 0.2) is 0 Å². The SMILES string of the molecule is O=C(O)CCCC[C@H]1SC[C@H]2NC(=O)N(C(=O)CI)[C@H]21. The van der Waals surface area contributed by atoms with E-state index in [1.54, 1.807) is 11.8 Å². The van der Waals surface area contributed by atoms with E-state index in [2.05, 4.69) is 5.32 Å². The number of alkyl halides is 1. The van der Waals surface area contributed by atoms with Crippen molar-refractivity contribution < 1.29 is 19.5 Å². The number of carbonyl (C=O) groups excluding carboxylic acids is 2. The number of urea groups is 1. The lowest BCUT2D eigenvalue weighted by atomic mass is 10.0. The Morgan fingerprint density at radius 1 is 1.45 bits per heavy atom. The van der Waals surface area contributed by atoms with Crippen molar-refractivity contribution in [2.24, 2.45) is 0 Å². The maximum Gasteiger partial charge on any atom is 0.324 e. The normalized spacial score (nSPS) is 28.4. The molecule has 8 heteroatoms. The maximum absolute atomic E-state index is 11.9. The lowest BCUT2D eigenvalue weighted by Gasteiger charge is -2.25. The molecule has 0 aromatic heterocycles. The second-order valence-electron chi connectivity index (χ2n) is 4.96. The van der Waals surface area contributed by atoms with Gasteiger partial charge in [0.25, 0.3) is 0 Å². The van der Waals surface area contributed by atoms with Gasteiger partial charge in [-0.2, -0.15) is 11.8 Å². The molecule has 3 atom stereocenters. The van der Waals surface area contributed by atoms with Crippen LogP contribution in [0, 0.1) is 0 Å². The molecule has 0 unspecified atom stereocenters. The quantitative estimate of drug-likeness (QED) is 0.299. The van der Waals surface area contributed by atoms with Crippen LogP contribution in [0.25, 0.3) is 0 Å². The number of carboxylic acid groups (broad SMARTS) is 1. The van der Waals surface area contributed by atoms with Crippen LogP contribution in [0.1, 0.15) is 25.7 Å². The van der Waals surface area contributed by atoms with Crippen LogP contribution in [0.4, 0.5) is 4.79 Å². The van der Waals surface area contributed by atoms with Gasteiger partial charge in [-0.15, -0.1) is 0 Å². The minimum absolute atomic E-state index is 0.0453. The van der Waals surface area contributed by atoms with Crippen molar-refractivity contribution in [2.75, 3.05) is 10.2 Å². The first kappa shape index (κ1) is 15.9. The first-order chi connectivity index (χ1) is 9.54. The summed E-state index contributed by atoms with van der Waals surface area (Å²) in [6.07, 6.45) is 2.48. The Labute approximate surface area is 135 Å². The van der Waals surface area contributed by atoms with E-state index in [0.717, 1.165) is 18.6 Å². The van der Waals surface area contributed by atoms with Crippen LogP contribution in [-0.4, -0.2) is 55.4 Å². The number of hydrogen-bond acceptors (Lipinski definition) is 4. The van der Waals surface area contributed by atoms with E-state index in [1.807, 2.05) is 22.6 Å². The average molecular weight is 412 g/mol. The molecule has 2 N–H and O–H groups in total. The molecule has 112 valence electrons. The summed E-state index contributed by atoms with van der Waals surface area (Å²) in [6, 6.07) is -0.305. The van der Waals surface area contributed by atoms with Crippen LogP contribution in [-0.2, 0) is 9.59 Å². The Kier molecular flexibility index (Phi) is 5.53. The van der Waals surface area contributed by atoms with Crippen molar-refractivity contribution in [3.63, 3.8) is 0 Å². The Hall–Kier alpha value is -0.510. The summed E-state index contributed by atoms with van der Waals surface area (Å²) < 4.78 is 0.296. The summed E-state index contributed by atoms with van der Waals surface area (Å²) in [6.45, 7) is 0. The fourth-order valence-electron chi connectivity index (χ4n) is 2.74. The molecule has 2 heterocycles. The van der Waals surface area contributed by atoms with Crippen molar-refractivity contribution in [1.29, 1.82) is 0 Å². The van der Waals surface area contributed by atoms with Crippen LogP contribution in [0.3, 0.4) is 0 Å². The number of carbonyl (C=O) groups is 3. The highest BCUT2D eigenvalue weighted by Gasteiger charge is 2.50. The number of amides is 3. The lowest BCUT2D eigenvalue weighted by Crippen LogP contribution is -2.45. The van der Waals surface area contributed by atoms with E-state index in [0.29, 0.717) is 10.8 Å². The van der Waals surface area contributed by atoms with E-state index in [9.17, 15) is 14.4 Å². The van der Waals surface area contributed by atoms with Crippen LogP contribution < -0.4 is 5.32 Å². The fourth-order valence-corrected chi connectivity index (χ4v) is 4.68. The molecule has 0 aromatic carbocycles. The molecular weight excluding hydrogens is 395 g/mol. The largest absolute Gasteiger partial charge is 0.481 e. The van der Waals surface area contributed by atoms with Crippen molar-refractivity contribution in [1.82, 2.24) is 10.2 Å². The smallest absolute Gasteiger partial charge is 0.324 e. The number of rotatable bonds is 6. The van der Waals surface area contributed by atoms with Crippen LogP contribution in [0.15, 0.2) is 0 Å². The Bertz CT molecular complexity index is 412. The first-order valence-corrected chi connectivity index (χ1v) is 9.14. The summed E-state index contributed by atoms with van der Waals surface area (Å²) in [5, 5.41) is 11.7. The number of carboxylic acids is 1. The number of fused-ring (bicyclic) bond motifs is 1. The first-order valence-electron chi connectivity index (χ1n) is 6.56. The summed E-state index contributed by atoms with van der Waals surface area (Å²) in [4.78, 5) is 35.6. The third kappa shape index (κ3) is 3.38. The molecule has 0 bridgehead atoms. The molecule has 0 spiro atoms. The molecule has 2 fully saturated rings. The van der Waals surface area contributed by atoms with Gasteiger partial charge in [-0.1, -0.05) is 29.0 Å². The molecule has 0 radical (unpaired) electrons. The zero-order chi connectivity index (χ0) is 14.7. The van der Waals surface area contributed by atoms with Gasteiger partial charge in [-0.25, -0.2) is 4.79 Å². The highest BCUT2D eigenvalue weighted by molar-refractivity contribution is 14.1. The number of unbranched alkanes of at least 4 members (excludes halogenated alkanes) is 1. The highest BCUT2D eigenvalue weighted by Crippen LogP contribution is 2.37. The molecular formula is C12H17IN2O4S. The number of nitrogens with one attached hydrogen (secondary N) is 1. The number of imide groups is 1. The van der Waals surface area contributed by atoms with E-state index in [-0.39, 0.29) is 35.7 Å². The van der Waals surface area contributed by atoms with Crippen LogP contribution in [0.2, 0.25) is 0 Å². The number of aliphatic carboxylic acids is 1. The molecule has 2 aliphatic heterocycles. The van der Waals surface area contributed by atoms with Crippen LogP contribution in [0.5, 0.6) is 0 Å². The predicted molar refractivity (Wildman–Crippen MR) is 84.2 cm³/mol. The summed E-state index contributed by atoms with van der Waals surface area (Å²) in [7, 11) is 0. The van der Waals surface area contributed by atoms with E-state index in [1.165, 1.54) is 4.90 Å². The molecule has 20 heavy (non-hydrogen) atoms. The molecule has 2 rings (SSSR count). The minimum atomic E-state index is -0.777.